The topological polar surface area (TPSA) is 18.5 Å². The Kier molecular flexibility index (Phi) is 6.60. The highest BCUT2D eigenvalue weighted by molar-refractivity contribution is 7.01. The second kappa shape index (κ2) is 9.53. The first-order valence-electron chi connectivity index (χ1n) is 10.6. The summed E-state index contributed by atoms with van der Waals surface area (Å²) in [5.41, 5.74) is 1.22. The Bertz CT molecular complexity index is 827. The van der Waals surface area contributed by atoms with Crippen molar-refractivity contribution in [3.63, 3.8) is 0 Å². The zero-order valence-corrected chi connectivity index (χ0v) is 18.2. The van der Waals surface area contributed by atoms with Crippen LogP contribution < -0.4 is 10.4 Å². The summed E-state index contributed by atoms with van der Waals surface area (Å²) in [7, 11) is -1.85. The van der Waals surface area contributed by atoms with Crippen molar-refractivity contribution in [2.75, 3.05) is 6.61 Å². The van der Waals surface area contributed by atoms with Gasteiger partial charge in [-0.3, -0.25) is 0 Å². The molecule has 3 aromatic carbocycles. The smallest absolute Gasteiger partial charge is 0.117 e. The van der Waals surface area contributed by atoms with E-state index in [1.807, 2.05) is 6.07 Å². The number of rotatable bonds is 8. The highest BCUT2D eigenvalue weighted by Crippen LogP contribution is 2.27. The van der Waals surface area contributed by atoms with Crippen LogP contribution in [0, 0.1) is 0 Å². The van der Waals surface area contributed by atoms with E-state index in [0.29, 0.717) is 19.3 Å². The first-order chi connectivity index (χ1) is 14.2. The molecule has 0 saturated carbocycles. The standard InChI is InChI=1S/C26H30O2Si/c1-29(25-13-7-3-8-14-25,26-15-9-4-10-16-26)21-24-18-17-23(28-24)20-27-19-22-11-5-2-6-12-22/h2-16,23-24H,17-21H2,1H3/t23-,24+/m0/s1. The van der Waals surface area contributed by atoms with Crippen LogP contribution in [0.2, 0.25) is 12.6 Å². The van der Waals surface area contributed by atoms with Crippen LogP contribution in [0.15, 0.2) is 91.0 Å². The summed E-state index contributed by atoms with van der Waals surface area (Å²) in [4.78, 5) is 0. The maximum atomic E-state index is 6.45. The van der Waals surface area contributed by atoms with Crippen LogP contribution >= 0.6 is 0 Å². The normalized spacial score (nSPS) is 19.3. The van der Waals surface area contributed by atoms with E-state index in [2.05, 4.69) is 91.5 Å². The predicted octanol–water partition coefficient (Wildman–Crippen LogP) is 4.64. The van der Waals surface area contributed by atoms with E-state index >= 15 is 0 Å². The molecule has 0 radical (unpaired) electrons. The summed E-state index contributed by atoms with van der Waals surface area (Å²) in [6, 6.07) is 33.6. The van der Waals surface area contributed by atoms with Crippen molar-refractivity contribution in [1.29, 1.82) is 0 Å². The first kappa shape index (κ1) is 20.1. The van der Waals surface area contributed by atoms with Crippen LogP contribution in [0.1, 0.15) is 18.4 Å². The molecule has 150 valence electrons. The second-order valence-corrected chi connectivity index (χ2v) is 12.5. The average Bonchev–Trinajstić information content (AvgIpc) is 3.22. The van der Waals surface area contributed by atoms with E-state index in [-0.39, 0.29) is 6.10 Å². The van der Waals surface area contributed by atoms with Crippen LogP contribution in [-0.4, -0.2) is 26.9 Å². The molecule has 2 atom stereocenters. The van der Waals surface area contributed by atoms with Crippen molar-refractivity contribution in [2.24, 2.45) is 0 Å². The van der Waals surface area contributed by atoms with Gasteiger partial charge in [-0.1, -0.05) is 108 Å². The fourth-order valence-corrected chi connectivity index (χ4v) is 8.28. The molecule has 1 aliphatic heterocycles. The SMILES string of the molecule is C[Si](C[C@H]1CC[C@@H](COCc2ccccc2)O1)(c1ccccc1)c1ccccc1. The molecule has 1 saturated heterocycles. The van der Waals surface area contributed by atoms with Gasteiger partial charge in [0.1, 0.15) is 8.07 Å². The minimum atomic E-state index is -1.85. The van der Waals surface area contributed by atoms with E-state index < -0.39 is 8.07 Å². The van der Waals surface area contributed by atoms with E-state index in [0.717, 1.165) is 18.9 Å². The Balaban J connectivity index is 1.39. The zero-order valence-electron chi connectivity index (χ0n) is 17.2. The molecule has 4 rings (SSSR count). The Morgan fingerprint density at radius 2 is 1.28 bits per heavy atom. The Hall–Kier alpha value is -2.20. The van der Waals surface area contributed by atoms with Gasteiger partial charge in [-0.15, -0.1) is 0 Å². The molecule has 0 aromatic heterocycles. The molecule has 0 bridgehead atoms. The quantitative estimate of drug-likeness (QED) is 0.511. The molecular formula is C26H30O2Si. The fraction of sp³-hybridized carbons (Fsp3) is 0.308. The molecule has 0 spiro atoms. The van der Waals surface area contributed by atoms with Crippen molar-refractivity contribution in [3.05, 3.63) is 96.6 Å². The van der Waals surface area contributed by atoms with Gasteiger partial charge in [-0.05, 0) is 24.4 Å². The lowest BCUT2D eigenvalue weighted by atomic mass is 10.2. The van der Waals surface area contributed by atoms with Gasteiger partial charge < -0.3 is 9.47 Å². The third-order valence-electron chi connectivity index (χ3n) is 6.07. The van der Waals surface area contributed by atoms with Gasteiger partial charge in [0, 0.05) is 0 Å². The number of ether oxygens (including phenoxy) is 2. The van der Waals surface area contributed by atoms with Crippen molar-refractivity contribution >= 4 is 18.4 Å². The molecule has 0 N–H and O–H groups in total. The molecule has 1 aliphatic rings. The van der Waals surface area contributed by atoms with Gasteiger partial charge in [-0.25, -0.2) is 0 Å². The minimum absolute atomic E-state index is 0.216. The van der Waals surface area contributed by atoms with E-state index in [1.54, 1.807) is 0 Å². The maximum Gasteiger partial charge on any atom is 0.117 e. The Labute approximate surface area is 175 Å². The summed E-state index contributed by atoms with van der Waals surface area (Å²) in [5.74, 6) is 0. The lowest BCUT2D eigenvalue weighted by Crippen LogP contribution is -2.57. The largest absolute Gasteiger partial charge is 0.374 e. The maximum absolute atomic E-state index is 6.45. The van der Waals surface area contributed by atoms with Crippen molar-refractivity contribution in [3.8, 4) is 0 Å². The Morgan fingerprint density at radius 3 is 1.86 bits per heavy atom. The van der Waals surface area contributed by atoms with Gasteiger partial charge in [0.05, 0.1) is 25.4 Å². The van der Waals surface area contributed by atoms with Crippen LogP contribution in [0.25, 0.3) is 0 Å². The molecule has 0 aliphatic carbocycles. The number of hydrogen-bond donors (Lipinski definition) is 0. The molecule has 1 fully saturated rings. The summed E-state index contributed by atoms with van der Waals surface area (Å²) in [6.07, 6.45) is 2.75. The number of benzene rings is 3. The minimum Gasteiger partial charge on any atom is -0.374 e. The van der Waals surface area contributed by atoms with Crippen molar-refractivity contribution < 1.29 is 9.47 Å². The fourth-order valence-electron chi connectivity index (χ4n) is 4.41. The molecule has 3 heteroatoms. The number of hydrogen-bond acceptors (Lipinski definition) is 2. The highest BCUT2D eigenvalue weighted by atomic mass is 28.3. The summed E-state index contributed by atoms with van der Waals surface area (Å²) in [5, 5.41) is 2.97. The molecule has 0 amide bonds. The molecule has 3 aromatic rings. The van der Waals surface area contributed by atoms with Crippen LogP contribution in [0.5, 0.6) is 0 Å². The van der Waals surface area contributed by atoms with E-state index in [1.165, 1.54) is 15.9 Å². The summed E-state index contributed by atoms with van der Waals surface area (Å²) >= 11 is 0. The zero-order chi connectivity index (χ0) is 19.9. The lowest BCUT2D eigenvalue weighted by molar-refractivity contribution is -0.0144. The van der Waals surface area contributed by atoms with Gasteiger partial charge in [0.2, 0.25) is 0 Å². The average molecular weight is 403 g/mol. The van der Waals surface area contributed by atoms with Gasteiger partial charge >= 0.3 is 0 Å². The molecule has 29 heavy (non-hydrogen) atoms. The van der Waals surface area contributed by atoms with Crippen molar-refractivity contribution in [1.82, 2.24) is 0 Å². The van der Waals surface area contributed by atoms with E-state index in [4.69, 9.17) is 9.47 Å². The van der Waals surface area contributed by atoms with Gasteiger partial charge in [0.15, 0.2) is 0 Å². The van der Waals surface area contributed by atoms with Gasteiger partial charge in [0.25, 0.3) is 0 Å². The van der Waals surface area contributed by atoms with Crippen molar-refractivity contribution in [2.45, 2.75) is 44.2 Å². The first-order valence-corrected chi connectivity index (χ1v) is 13.3. The molecule has 0 unspecified atom stereocenters. The summed E-state index contributed by atoms with van der Waals surface area (Å²) in [6.45, 7) is 3.83. The van der Waals surface area contributed by atoms with E-state index in [9.17, 15) is 0 Å². The Morgan fingerprint density at radius 1 is 0.759 bits per heavy atom. The lowest BCUT2D eigenvalue weighted by Gasteiger charge is -2.31. The third-order valence-corrected chi connectivity index (χ3v) is 10.6. The highest BCUT2D eigenvalue weighted by Gasteiger charge is 2.37. The van der Waals surface area contributed by atoms with Crippen LogP contribution in [-0.2, 0) is 16.1 Å². The second-order valence-electron chi connectivity index (χ2n) is 8.23. The molecule has 1 heterocycles. The molecular weight excluding hydrogens is 372 g/mol. The summed E-state index contributed by atoms with van der Waals surface area (Å²) < 4.78 is 12.4. The third kappa shape index (κ3) is 5.05. The van der Waals surface area contributed by atoms with Crippen LogP contribution in [0.3, 0.4) is 0 Å². The molecule has 2 nitrogen and oxygen atoms in total. The monoisotopic (exact) mass is 402 g/mol. The van der Waals surface area contributed by atoms with Crippen LogP contribution in [0.4, 0.5) is 0 Å². The van der Waals surface area contributed by atoms with Gasteiger partial charge in [-0.2, -0.15) is 0 Å². The predicted molar refractivity (Wildman–Crippen MR) is 123 cm³/mol.